The third kappa shape index (κ3) is 5.36. The van der Waals surface area contributed by atoms with Crippen molar-refractivity contribution in [3.05, 3.63) is 61.6 Å². The fourth-order valence-corrected chi connectivity index (χ4v) is 3.67. The number of methoxy groups -OCH3 is 1. The lowest BCUT2D eigenvalue weighted by Crippen LogP contribution is -2.24. The Balaban J connectivity index is 2.21. The molecule has 0 aliphatic heterocycles. The van der Waals surface area contributed by atoms with Gasteiger partial charge in [-0.25, -0.2) is 9.78 Å². The van der Waals surface area contributed by atoms with Gasteiger partial charge in [0.2, 0.25) is 0 Å². The van der Waals surface area contributed by atoms with Crippen LogP contribution in [0.1, 0.15) is 44.5 Å². The van der Waals surface area contributed by atoms with Crippen molar-refractivity contribution in [2.45, 2.75) is 39.2 Å². The highest BCUT2D eigenvalue weighted by molar-refractivity contribution is 9.10. The van der Waals surface area contributed by atoms with Crippen molar-refractivity contribution in [1.29, 1.82) is 0 Å². The molecule has 0 fully saturated rings. The molecule has 10 heteroatoms. The average Bonchev–Trinajstić information content (AvgIpc) is 2.79. The maximum Gasteiger partial charge on any atom is 0.344 e. The lowest BCUT2D eigenvalue weighted by atomic mass is 10.1. The van der Waals surface area contributed by atoms with E-state index in [4.69, 9.17) is 21.1 Å². The topological polar surface area (TPSA) is 103 Å². The molecule has 174 valence electrons. The van der Waals surface area contributed by atoms with Crippen molar-refractivity contribution in [3.63, 3.8) is 0 Å². The molecule has 1 N–H and O–H groups in total. The summed E-state index contributed by atoms with van der Waals surface area (Å²) in [5, 5.41) is 14.4. The summed E-state index contributed by atoms with van der Waals surface area (Å²) in [7, 11) is 1.42. The number of halogens is 2. The molecule has 0 saturated heterocycles. The number of carboxylic acid groups (broad SMARTS) is 1. The van der Waals surface area contributed by atoms with Gasteiger partial charge in [-0.15, -0.1) is 0 Å². The number of hydrogen-bond donors (Lipinski definition) is 1. The number of hydrogen-bond acceptors (Lipinski definition) is 6. The first-order valence-corrected chi connectivity index (χ1v) is 11.4. The summed E-state index contributed by atoms with van der Waals surface area (Å²) in [5.74, 6) is -0.291. The highest BCUT2D eigenvalue weighted by Crippen LogP contribution is 2.35. The molecule has 0 unspecified atom stereocenters. The third-order valence-corrected chi connectivity index (χ3v) is 5.82. The lowest BCUT2D eigenvalue weighted by Gasteiger charge is -2.17. The van der Waals surface area contributed by atoms with Crippen LogP contribution in [-0.4, -0.2) is 40.2 Å². The number of rotatable bonds is 8. The first-order chi connectivity index (χ1) is 15.7. The molecule has 2 atom stereocenters. The van der Waals surface area contributed by atoms with Gasteiger partial charge in [-0.3, -0.25) is 4.79 Å². The molecule has 0 aliphatic carbocycles. The number of ether oxygens (including phenoxy) is 2. The van der Waals surface area contributed by atoms with Crippen LogP contribution < -0.4 is 15.0 Å². The zero-order chi connectivity index (χ0) is 24.3. The molecular formula is C23H23BrClN3O5. The maximum atomic E-state index is 13.3. The van der Waals surface area contributed by atoms with E-state index in [-0.39, 0.29) is 23.0 Å². The summed E-state index contributed by atoms with van der Waals surface area (Å²) in [4.78, 5) is 29.3. The smallest absolute Gasteiger partial charge is 0.344 e. The van der Waals surface area contributed by atoms with E-state index in [0.29, 0.717) is 27.3 Å². The SMILES string of the molecule is CC[C@@H](C)c1nc2ccc(Br)cc2c(=O)n1N=Cc1cc(Cl)cc(OC)c1O[C@H](C)C(=O)O. The third-order valence-electron chi connectivity index (χ3n) is 5.11. The predicted molar refractivity (Wildman–Crippen MR) is 131 cm³/mol. The fraction of sp³-hybridized carbons (Fsp3) is 0.304. The van der Waals surface area contributed by atoms with E-state index < -0.39 is 12.1 Å². The molecule has 1 heterocycles. The number of aromatic nitrogens is 2. The van der Waals surface area contributed by atoms with E-state index in [1.54, 1.807) is 18.2 Å². The lowest BCUT2D eigenvalue weighted by molar-refractivity contribution is -0.144. The van der Waals surface area contributed by atoms with Gasteiger partial charge in [-0.2, -0.15) is 9.78 Å². The number of benzene rings is 2. The van der Waals surface area contributed by atoms with Gasteiger partial charge in [-0.1, -0.05) is 41.4 Å². The van der Waals surface area contributed by atoms with Crippen molar-refractivity contribution in [2.24, 2.45) is 5.10 Å². The summed E-state index contributed by atoms with van der Waals surface area (Å²) in [6, 6.07) is 8.36. The van der Waals surface area contributed by atoms with Gasteiger partial charge < -0.3 is 14.6 Å². The second-order valence-electron chi connectivity index (χ2n) is 7.43. The summed E-state index contributed by atoms with van der Waals surface area (Å²) in [5.41, 5.74) is 0.598. The molecule has 3 rings (SSSR count). The molecule has 3 aromatic rings. The standard InChI is InChI=1S/C23H23BrClN3O5/c1-5-12(2)21-27-18-7-6-15(24)9-17(18)22(29)28(21)26-11-14-8-16(25)10-19(32-4)20(14)33-13(3)23(30)31/h6-13H,5H2,1-4H3,(H,30,31)/t12-,13-/m1/s1. The number of aliphatic carboxylic acids is 1. The summed E-state index contributed by atoms with van der Waals surface area (Å²) >= 11 is 9.60. The van der Waals surface area contributed by atoms with Crippen LogP contribution in [-0.2, 0) is 4.79 Å². The van der Waals surface area contributed by atoms with Gasteiger partial charge in [0.1, 0.15) is 5.82 Å². The normalized spacial score (nSPS) is 13.3. The van der Waals surface area contributed by atoms with Crippen LogP contribution in [0.25, 0.3) is 10.9 Å². The predicted octanol–water partition coefficient (Wildman–Crippen LogP) is 5.07. The Hall–Kier alpha value is -2.91. The van der Waals surface area contributed by atoms with E-state index in [1.165, 1.54) is 31.0 Å². The Morgan fingerprint density at radius 1 is 1.33 bits per heavy atom. The van der Waals surface area contributed by atoms with E-state index in [1.807, 2.05) is 19.9 Å². The minimum absolute atomic E-state index is 0.0421. The monoisotopic (exact) mass is 535 g/mol. The number of fused-ring (bicyclic) bond motifs is 1. The van der Waals surface area contributed by atoms with Gasteiger partial charge in [0, 0.05) is 27.0 Å². The van der Waals surface area contributed by atoms with E-state index in [0.717, 1.165) is 10.9 Å². The van der Waals surface area contributed by atoms with Crippen LogP contribution in [0.3, 0.4) is 0 Å². The van der Waals surface area contributed by atoms with Crippen molar-refractivity contribution in [1.82, 2.24) is 9.66 Å². The number of carbonyl (C=O) groups is 1. The minimum atomic E-state index is -1.15. The zero-order valence-corrected chi connectivity index (χ0v) is 20.8. The second-order valence-corrected chi connectivity index (χ2v) is 8.78. The van der Waals surface area contributed by atoms with Crippen LogP contribution in [0.4, 0.5) is 0 Å². The molecular weight excluding hydrogens is 514 g/mol. The van der Waals surface area contributed by atoms with Gasteiger partial charge in [0.05, 0.1) is 24.2 Å². The van der Waals surface area contributed by atoms with Crippen molar-refractivity contribution in [3.8, 4) is 11.5 Å². The molecule has 0 amide bonds. The molecule has 0 saturated carbocycles. The molecule has 2 aromatic carbocycles. The summed E-state index contributed by atoms with van der Waals surface area (Å²) in [6.07, 6.45) is 0.988. The van der Waals surface area contributed by atoms with E-state index in [2.05, 4.69) is 26.0 Å². The number of carboxylic acids is 1. The van der Waals surface area contributed by atoms with Gasteiger partial charge in [0.25, 0.3) is 5.56 Å². The van der Waals surface area contributed by atoms with Crippen molar-refractivity contribution in [2.75, 3.05) is 7.11 Å². The van der Waals surface area contributed by atoms with Crippen LogP contribution in [0.5, 0.6) is 11.5 Å². The molecule has 0 bridgehead atoms. The molecule has 1 aromatic heterocycles. The Kier molecular flexibility index (Phi) is 7.76. The van der Waals surface area contributed by atoms with Gasteiger partial charge in [-0.05, 0) is 37.6 Å². The second kappa shape index (κ2) is 10.4. The van der Waals surface area contributed by atoms with Crippen LogP contribution in [0, 0.1) is 0 Å². The molecule has 33 heavy (non-hydrogen) atoms. The Bertz CT molecular complexity index is 1290. The number of nitrogens with zero attached hydrogens (tertiary/aromatic N) is 3. The molecule has 0 radical (unpaired) electrons. The highest BCUT2D eigenvalue weighted by atomic mass is 79.9. The maximum absolute atomic E-state index is 13.3. The average molecular weight is 537 g/mol. The minimum Gasteiger partial charge on any atom is -0.493 e. The van der Waals surface area contributed by atoms with Crippen molar-refractivity contribution >= 4 is 50.6 Å². The Morgan fingerprint density at radius 3 is 2.70 bits per heavy atom. The first kappa shape index (κ1) is 24.7. The molecule has 0 spiro atoms. The summed E-state index contributed by atoms with van der Waals surface area (Å²) in [6.45, 7) is 5.36. The molecule has 8 nitrogen and oxygen atoms in total. The highest BCUT2D eigenvalue weighted by Gasteiger charge is 2.20. The first-order valence-electron chi connectivity index (χ1n) is 10.2. The Morgan fingerprint density at radius 2 is 2.06 bits per heavy atom. The Labute approximate surface area is 203 Å². The van der Waals surface area contributed by atoms with Crippen LogP contribution in [0.2, 0.25) is 5.02 Å². The van der Waals surface area contributed by atoms with Gasteiger partial charge >= 0.3 is 5.97 Å². The van der Waals surface area contributed by atoms with Gasteiger partial charge in [0.15, 0.2) is 17.6 Å². The van der Waals surface area contributed by atoms with E-state index >= 15 is 0 Å². The fourth-order valence-electron chi connectivity index (χ4n) is 3.09. The zero-order valence-electron chi connectivity index (χ0n) is 18.5. The van der Waals surface area contributed by atoms with Crippen LogP contribution in [0.15, 0.2) is 44.7 Å². The van der Waals surface area contributed by atoms with Crippen molar-refractivity contribution < 1.29 is 19.4 Å². The molecule has 0 aliphatic rings. The quantitative estimate of drug-likeness (QED) is 0.403. The van der Waals surface area contributed by atoms with Crippen LogP contribution >= 0.6 is 27.5 Å². The summed E-state index contributed by atoms with van der Waals surface area (Å²) < 4.78 is 12.9. The largest absolute Gasteiger partial charge is 0.493 e. The van der Waals surface area contributed by atoms with E-state index in [9.17, 15) is 14.7 Å².